The van der Waals surface area contributed by atoms with E-state index in [4.69, 9.17) is 9.72 Å². The predicted molar refractivity (Wildman–Crippen MR) is 148 cm³/mol. The lowest BCUT2D eigenvalue weighted by atomic mass is 9.97. The van der Waals surface area contributed by atoms with Gasteiger partial charge in [0, 0.05) is 4.88 Å². The molecule has 2 aromatic heterocycles. The lowest BCUT2D eigenvalue weighted by Gasteiger charge is -2.13. The third-order valence-corrected chi connectivity index (χ3v) is 8.31. The van der Waals surface area contributed by atoms with Gasteiger partial charge in [-0.1, -0.05) is 29.5 Å². The molecule has 4 aromatic rings. The minimum Gasteiger partial charge on any atom is -0.504 e. The van der Waals surface area contributed by atoms with Crippen LogP contribution < -0.4 is 15.7 Å². The number of hydrogen-bond donors (Lipinski definition) is 2. The fourth-order valence-electron chi connectivity index (χ4n) is 4.32. The van der Waals surface area contributed by atoms with E-state index in [-0.39, 0.29) is 23.0 Å². The number of thioether (sulfide) groups is 1. The summed E-state index contributed by atoms with van der Waals surface area (Å²) in [7, 11) is 1.46. The molecule has 0 spiro atoms. The molecule has 2 N–H and O–H groups in total. The van der Waals surface area contributed by atoms with Crippen molar-refractivity contribution < 1.29 is 14.6 Å². The van der Waals surface area contributed by atoms with Crippen LogP contribution in [0.1, 0.15) is 34.4 Å². The Kier molecular flexibility index (Phi) is 7.29. The largest absolute Gasteiger partial charge is 0.504 e. The highest BCUT2D eigenvalue weighted by Crippen LogP contribution is 2.35. The molecular formula is C27H26N4O4S2. The monoisotopic (exact) mass is 534 g/mol. The molecule has 0 bridgehead atoms. The molecule has 0 atom stereocenters. The molecule has 190 valence electrons. The molecule has 0 fully saturated rings. The molecule has 37 heavy (non-hydrogen) atoms. The fourth-order valence-corrected chi connectivity index (χ4v) is 6.43. The Morgan fingerprint density at radius 3 is 2.81 bits per heavy atom. The van der Waals surface area contributed by atoms with E-state index in [1.807, 2.05) is 31.2 Å². The number of rotatable bonds is 7. The zero-order valence-electron chi connectivity index (χ0n) is 20.5. The topological polar surface area (TPSA) is 106 Å². The highest BCUT2D eigenvalue weighted by Gasteiger charge is 2.23. The number of amides is 1. The number of carbonyl (C=O) groups excluding carboxylic acids is 1. The molecule has 1 aliphatic carbocycles. The average molecular weight is 535 g/mol. The summed E-state index contributed by atoms with van der Waals surface area (Å²) in [6.07, 6.45) is 5.56. The summed E-state index contributed by atoms with van der Waals surface area (Å²) in [5.74, 6) is 0.0418. The van der Waals surface area contributed by atoms with Crippen LogP contribution in [0, 0.1) is 6.92 Å². The van der Waals surface area contributed by atoms with E-state index in [1.54, 1.807) is 28.0 Å². The smallest absolute Gasteiger partial charge is 0.267 e. The number of hydrogen-bond acceptors (Lipinski definition) is 8. The number of benzene rings is 2. The van der Waals surface area contributed by atoms with Crippen LogP contribution in [0.15, 0.2) is 57.5 Å². The van der Waals surface area contributed by atoms with Crippen molar-refractivity contribution in [2.75, 3.05) is 12.9 Å². The quantitative estimate of drug-likeness (QED) is 0.156. The normalized spacial score (nSPS) is 13.1. The van der Waals surface area contributed by atoms with E-state index in [9.17, 15) is 14.7 Å². The van der Waals surface area contributed by atoms with E-state index >= 15 is 0 Å². The second-order valence-electron chi connectivity index (χ2n) is 8.77. The summed E-state index contributed by atoms with van der Waals surface area (Å²) in [5, 5.41) is 14.9. The summed E-state index contributed by atoms with van der Waals surface area (Å²) < 4.78 is 6.70. The molecule has 2 heterocycles. The lowest BCUT2D eigenvalue weighted by Crippen LogP contribution is -2.24. The Balaban J connectivity index is 1.40. The minimum atomic E-state index is -0.331. The van der Waals surface area contributed by atoms with Crippen molar-refractivity contribution >= 4 is 45.4 Å². The zero-order chi connectivity index (χ0) is 25.9. The molecule has 8 nitrogen and oxygen atoms in total. The number of aromatic nitrogens is 2. The predicted octanol–water partition coefficient (Wildman–Crippen LogP) is 4.59. The Hall–Kier alpha value is -3.63. The molecule has 0 saturated heterocycles. The van der Waals surface area contributed by atoms with Gasteiger partial charge in [-0.3, -0.25) is 14.2 Å². The lowest BCUT2D eigenvalue weighted by molar-refractivity contribution is -0.118. The van der Waals surface area contributed by atoms with Crippen LogP contribution in [-0.4, -0.2) is 39.6 Å². The van der Waals surface area contributed by atoms with Gasteiger partial charge in [-0.2, -0.15) is 5.10 Å². The van der Waals surface area contributed by atoms with Gasteiger partial charge in [0.1, 0.15) is 4.83 Å². The van der Waals surface area contributed by atoms with Crippen LogP contribution in [0.2, 0.25) is 0 Å². The Bertz CT molecular complexity index is 1560. The number of phenolic OH excluding ortho intramolecular Hbond substituents is 1. The Labute approximate surface area is 222 Å². The molecule has 10 heteroatoms. The van der Waals surface area contributed by atoms with Crippen molar-refractivity contribution in [3.8, 4) is 17.2 Å². The standard InChI is InChI=1S/C27H26N4O4S2/c1-16-7-10-18(11-8-16)31-26(34)24-19-5-3-4-6-22(19)37-25(24)29-27(31)36-15-23(33)30-28-14-17-9-12-20(32)21(13-17)35-2/h7-14,32H,3-6,15H2,1-2H3,(H,30,33)/b28-14+. The number of thiophene rings is 1. The van der Waals surface area contributed by atoms with Crippen molar-refractivity contribution in [2.45, 2.75) is 37.8 Å². The van der Waals surface area contributed by atoms with E-state index in [0.29, 0.717) is 21.9 Å². The number of hydrazone groups is 1. The highest BCUT2D eigenvalue weighted by atomic mass is 32.2. The van der Waals surface area contributed by atoms with E-state index < -0.39 is 0 Å². The van der Waals surface area contributed by atoms with Gasteiger partial charge >= 0.3 is 0 Å². The summed E-state index contributed by atoms with van der Waals surface area (Å²) >= 11 is 2.80. The zero-order valence-corrected chi connectivity index (χ0v) is 22.1. The Morgan fingerprint density at radius 2 is 2.03 bits per heavy atom. The van der Waals surface area contributed by atoms with Gasteiger partial charge in [0.05, 0.1) is 30.2 Å². The highest BCUT2D eigenvalue weighted by molar-refractivity contribution is 7.99. The van der Waals surface area contributed by atoms with Gasteiger partial charge in [-0.15, -0.1) is 11.3 Å². The first kappa shape index (κ1) is 25.0. The fraction of sp³-hybridized carbons (Fsp3) is 0.259. The van der Waals surface area contributed by atoms with Crippen molar-refractivity contribution in [3.63, 3.8) is 0 Å². The van der Waals surface area contributed by atoms with E-state index in [1.165, 1.54) is 36.0 Å². The van der Waals surface area contributed by atoms with Crippen LogP contribution in [0.3, 0.4) is 0 Å². The van der Waals surface area contributed by atoms with Crippen molar-refractivity contribution in [2.24, 2.45) is 5.10 Å². The molecule has 0 unspecified atom stereocenters. The molecular weight excluding hydrogens is 508 g/mol. The van der Waals surface area contributed by atoms with E-state index in [2.05, 4.69) is 10.5 Å². The van der Waals surface area contributed by atoms with Crippen molar-refractivity contribution in [1.82, 2.24) is 15.0 Å². The number of methoxy groups -OCH3 is 1. The van der Waals surface area contributed by atoms with E-state index in [0.717, 1.165) is 47.3 Å². The van der Waals surface area contributed by atoms with Gasteiger partial charge in [-0.25, -0.2) is 10.4 Å². The number of fused-ring (bicyclic) bond motifs is 3. The third-order valence-electron chi connectivity index (χ3n) is 6.19. The number of nitrogens with zero attached hydrogens (tertiary/aromatic N) is 3. The van der Waals surface area contributed by atoms with Gasteiger partial charge < -0.3 is 9.84 Å². The first-order valence-corrected chi connectivity index (χ1v) is 13.7. The number of aromatic hydroxyl groups is 1. The van der Waals surface area contributed by atoms with Crippen molar-refractivity contribution in [3.05, 3.63) is 74.4 Å². The maximum absolute atomic E-state index is 13.8. The second kappa shape index (κ2) is 10.8. The summed E-state index contributed by atoms with van der Waals surface area (Å²) in [4.78, 5) is 33.2. The SMILES string of the molecule is COc1cc(/C=N/NC(=O)CSc2nc3sc4c(c3c(=O)n2-c2ccc(C)cc2)CCCC4)ccc1O. The average Bonchev–Trinajstić information content (AvgIpc) is 3.28. The number of nitrogens with one attached hydrogen (secondary N) is 1. The van der Waals surface area contributed by atoms with Crippen LogP contribution in [0.5, 0.6) is 11.5 Å². The summed E-state index contributed by atoms with van der Waals surface area (Å²) in [6, 6.07) is 12.5. The molecule has 0 aliphatic heterocycles. The number of aryl methyl sites for hydroxylation is 3. The first-order valence-electron chi connectivity index (χ1n) is 11.9. The maximum atomic E-state index is 13.8. The Morgan fingerprint density at radius 1 is 1.24 bits per heavy atom. The molecule has 1 amide bonds. The van der Waals surface area contributed by atoms with Crippen LogP contribution in [0.25, 0.3) is 15.9 Å². The van der Waals surface area contributed by atoms with Crippen LogP contribution >= 0.6 is 23.1 Å². The number of ether oxygens (including phenoxy) is 1. The summed E-state index contributed by atoms with van der Waals surface area (Å²) in [5.41, 5.74) is 6.03. The number of carbonyl (C=O) groups is 1. The molecule has 5 rings (SSSR count). The number of phenols is 1. The minimum absolute atomic E-state index is 0.0239. The maximum Gasteiger partial charge on any atom is 0.267 e. The second-order valence-corrected chi connectivity index (χ2v) is 10.8. The summed E-state index contributed by atoms with van der Waals surface area (Å²) in [6.45, 7) is 2.00. The van der Waals surface area contributed by atoms with Gasteiger partial charge in [-0.05, 0) is 74.1 Å². The third kappa shape index (κ3) is 5.26. The van der Waals surface area contributed by atoms with Crippen LogP contribution in [0.4, 0.5) is 0 Å². The van der Waals surface area contributed by atoms with Gasteiger partial charge in [0.2, 0.25) is 0 Å². The van der Waals surface area contributed by atoms with Gasteiger partial charge in [0.25, 0.3) is 11.5 Å². The molecule has 2 aromatic carbocycles. The molecule has 0 saturated carbocycles. The molecule has 0 radical (unpaired) electrons. The molecule has 1 aliphatic rings. The van der Waals surface area contributed by atoms with Gasteiger partial charge in [0.15, 0.2) is 16.7 Å². The van der Waals surface area contributed by atoms with Crippen LogP contribution in [-0.2, 0) is 17.6 Å². The first-order chi connectivity index (χ1) is 17.9. The van der Waals surface area contributed by atoms with Crippen molar-refractivity contribution in [1.29, 1.82) is 0 Å².